The smallest absolute Gasteiger partial charge is 0.251 e. The molecule has 194 valence electrons. The van der Waals surface area contributed by atoms with Crippen molar-refractivity contribution >= 4 is 30.2 Å². The average molecular weight is 526 g/mol. The van der Waals surface area contributed by atoms with E-state index in [1.807, 2.05) is 6.08 Å². The number of benzene rings is 2. The third-order valence-electron chi connectivity index (χ3n) is 6.27. The maximum atomic E-state index is 14.6. The van der Waals surface area contributed by atoms with Gasteiger partial charge in [0.05, 0.1) is 7.11 Å². The second-order valence-corrected chi connectivity index (χ2v) is 8.61. The molecule has 2 atom stereocenters. The monoisotopic (exact) mass is 525 g/mol. The summed E-state index contributed by atoms with van der Waals surface area (Å²) in [5.41, 5.74) is 1.25. The molecule has 37 heavy (non-hydrogen) atoms. The van der Waals surface area contributed by atoms with Gasteiger partial charge in [0, 0.05) is 36.1 Å². The Morgan fingerprint density at radius 3 is 2.54 bits per heavy atom. The number of hydrogen-bond acceptors (Lipinski definition) is 6. The Morgan fingerprint density at radius 2 is 1.84 bits per heavy atom. The van der Waals surface area contributed by atoms with Crippen LogP contribution in [0.25, 0.3) is 6.08 Å². The quantitative estimate of drug-likeness (QED) is 0.395. The molecule has 1 saturated heterocycles. The molecule has 1 aliphatic heterocycles. The Morgan fingerprint density at radius 1 is 1.11 bits per heavy atom. The fourth-order valence-corrected chi connectivity index (χ4v) is 4.26. The molecule has 3 aromatic rings. The number of phenolic OH excluding ortho intramolecular Hbond substituents is 1. The Kier molecular flexibility index (Phi) is 9.77. The van der Waals surface area contributed by atoms with Crippen molar-refractivity contribution < 1.29 is 23.8 Å². The van der Waals surface area contributed by atoms with Crippen LogP contribution in [-0.2, 0) is 0 Å². The summed E-state index contributed by atoms with van der Waals surface area (Å²) >= 11 is 0. The number of amides is 1. The van der Waals surface area contributed by atoms with Gasteiger partial charge >= 0.3 is 0 Å². The van der Waals surface area contributed by atoms with Crippen LogP contribution < -0.4 is 15.4 Å². The highest BCUT2D eigenvalue weighted by Gasteiger charge is 2.24. The summed E-state index contributed by atoms with van der Waals surface area (Å²) in [6.07, 6.45) is 9.12. The Hall–Kier alpha value is -3.75. The molecule has 9 heteroatoms. The molecule has 0 radical (unpaired) electrons. The largest absolute Gasteiger partial charge is 0.507 e. The average Bonchev–Trinajstić information content (AvgIpc) is 3.13. The van der Waals surface area contributed by atoms with E-state index in [4.69, 9.17) is 4.74 Å². The number of carbonyl (C=O) groups is 2. The first-order chi connectivity index (χ1) is 17.5. The molecule has 7 nitrogen and oxygen atoms in total. The zero-order valence-electron chi connectivity index (χ0n) is 20.3. The number of phenols is 1. The van der Waals surface area contributed by atoms with Gasteiger partial charge in [-0.3, -0.25) is 14.6 Å². The predicted molar refractivity (Wildman–Crippen MR) is 142 cm³/mol. The summed E-state index contributed by atoms with van der Waals surface area (Å²) in [6, 6.07) is 12.5. The number of carbonyl (C=O) groups excluding carboxylic acids is 2. The van der Waals surface area contributed by atoms with Crippen LogP contribution >= 0.6 is 12.4 Å². The molecule has 0 aliphatic carbocycles. The van der Waals surface area contributed by atoms with E-state index in [1.54, 1.807) is 48.8 Å². The molecule has 1 fully saturated rings. The van der Waals surface area contributed by atoms with Crippen molar-refractivity contribution in [2.75, 3.05) is 20.2 Å². The Bertz CT molecular complexity index is 1250. The maximum Gasteiger partial charge on any atom is 0.251 e. The minimum absolute atomic E-state index is 0. The number of aromatic hydroxyl groups is 1. The summed E-state index contributed by atoms with van der Waals surface area (Å²) in [5.74, 6) is -2.10. The van der Waals surface area contributed by atoms with Crippen molar-refractivity contribution in [3.05, 3.63) is 95.1 Å². The number of rotatable bonds is 7. The molecule has 0 spiro atoms. The first kappa shape index (κ1) is 27.8. The molecule has 1 amide bonds. The topological polar surface area (TPSA) is 101 Å². The first-order valence-corrected chi connectivity index (χ1v) is 11.8. The van der Waals surface area contributed by atoms with Crippen LogP contribution in [-0.4, -0.2) is 48.0 Å². The fourth-order valence-electron chi connectivity index (χ4n) is 4.26. The molecule has 1 aliphatic rings. The van der Waals surface area contributed by atoms with Gasteiger partial charge < -0.3 is 20.5 Å². The van der Waals surface area contributed by atoms with Crippen molar-refractivity contribution in [2.24, 2.45) is 5.92 Å². The van der Waals surface area contributed by atoms with Crippen LogP contribution in [0.3, 0.4) is 0 Å². The van der Waals surface area contributed by atoms with E-state index in [-0.39, 0.29) is 41.6 Å². The molecule has 0 unspecified atom stereocenters. The molecule has 0 saturated carbocycles. The van der Waals surface area contributed by atoms with E-state index in [2.05, 4.69) is 21.7 Å². The van der Waals surface area contributed by atoms with Gasteiger partial charge in [-0.05, 0) is 55.1 Å². The van der Waals surface area contributed by atoms with E-state index in [0.29, 0.717) is 12.1 Å². The molecule has 3 N–H and O–H groups in total. The van der Waals surface area contributed by atoms with Crippen LogP contribution in [0.5, 0.6) is 11.5 Å². The normalized spacial score (nSPS) is 17.5. The van der Waals surface area contributed by atoms with Gasteiger partial charge in [0.2, 0.25) is 0 Å². The lowest BCUT2D eigenvalue weighted by molar-refractivity contribution is 0.0927. The highest BCUT2D eigenvalue weighted by molar-refractivity contribution is 6.11. The van der Waals surface area contributed by atoms with Crippen molar-refractivity contribution in [3.63, 3.8) is 0 Å². The van der Waals surface area contributed by atoms with Gasteiger partial charge in [-0.15, -0.1) is 12.4 Å². The molecular weight excluding hydrogens is 497 g/mol. The molecule has 4 rings (SSSR count). The molecule has 0 bridgehead atoms. The second kappa shape index (κ2) is 13.0. The number of nitrogens with zero attached hydrogens (tertiary/aromatic N) is 1. The van der Waals surface area contributed by atoms with Crippen LogP contribution in [0.1, 0.15) is 44.7 Å². The zero-order valence-corrected chi connectivity index (χ0v) is 21.1. The Balaban J connectivity index is 0.00000380. The van der Waals surface area contributed by atoms with Gasteiger partial charge in [0.15, 0.2) is 17.3 Å². The van der Waals surface area contributed by atoms with Crippen LogP contribution in [0, 0.1) is 11.7 Å². The van der Waals surface area contributed by atoms with E-state index in [9.17, 15) is 19.1 Å². The van der Waals surface area contributed by atoms with Crippen LogP contribution in [0.4, 0.5) is 4.39 Å². The minimum Gasteiger partial charge on any atom is -0.507 e. The van der Waals surface area contributed by atoms with Crippen molar-refractivity contribution in [1.29, 1.82) is 0 Å². The van der Waals surface area contributed by atoms with Crippen molar-refractivity contribution in [2.45, 2.75) is 18.9 Å². The highest BCUT2D eigenvalue weighted by atomic mass is 35.5. The van der Waals surface area contributed by atoms with E-state index >= 15 is 0 Å². The number of ether oxygens (including phenoxy) is 1. The first-order valence-electron chi connectivity index (χ1n) is 11.8. The molecule has 2 heterocycles. The van der Waals surface area contributed by atoms with Gasteiger partial charge in [0.25, 0.3) is 5.91 Å². The van der Waals surface area contributed by atoms with Crippen LogP contribution in [0.15, 0.2) is 67.0 Å². The molecule has 1 aromatic heterocycles. The lowest BCUT2D eigenvalue weighted by Gasteiger charge is -2.23. The van der Waals surface area contributed by atoms with Gasteiger partial charge in [-0.2, -0.15) is 0 Å². The lowest BCUT2D eigenvalue weighted by Crippen LogP contribution is -2.44. The number of hydrogen-bond donors (Lipinski definition) is 3. The number of halogens is 2. The van der Waals surface area contributed by atoms with Crippen molar-refractivity contribution in [1.82, 2.24) is 15.6 Å². The highest BCUT2D eigenvalue weighted by Crippen LogP contribution is 2.30. The minimum atomic E-state index is -0.895. The standard InChI is InChI=1S/C28H28FN3O4.ClH/c1-36-24-11-10-23(33)25(26(24)29)27(34)20-8-5-18(6-9-20)4-7-19-3-2-14-31-17-22(19)32-28(35)21-12-15-30-16-13-21;/h4-13,15-16,19,22,31,33H,2-3,14,17H2,1H3,(H,32,35);1H/b7-4+;/t19-,22+;/m0./s1. The van der Waals surface area contributed by atoms with Crippen molar-refractivity contribution in [3.8, 4) is 11.5 Å². The summed E-state index contributed by atoms with van der Waals surface area (Å²) in [5, 5.41) is 16.5. The van der Waals surface area contributed by atoms with E-state index in [0.717, 1.165) is 24.9 Å². The zero-order chi connectivity index (χ0) is 25.5. The number of aromatic nitrogens is 1. The fraction of sp³-hybridized carbons (Fsp3) is 0.250. The third kappa shape index (κ3) is 6.72. The second-order valence-electron chi connectivity index (χ2n) is 8.61. The summed E-state index contributed by atoms with van der Waals surface area (Å²) in [6.45, 7) is 1.55. The number of methoxy groups -OCH3 is 1. The summed E-state index contributed by atoms with van der Waals surface area (Å²) in [7, 11) is 1.30. The van der Waals surface area contributed by atoms with Crippen LogP contribution in [0.2, 0.25) is 0 Å². The summed E-state index contributed by atoms with van der Waals surface area (Å²) < 4.78 is 19.5. The van der Waals surface area contributed by atoms with Gasteiger partial charge in [0.1, 0.15) is 11.3 Å². The van der Waals surface area contributed by atoms with E-state index in [1.165, 1.54) is 19.2 Å². The molecule has 2 aromatic carbocycles. The maximum absolute atomic E-state index is 14.6. The third-order valence-corrected chi connectivity index (χ3v) is 6.27. The van der Waals surface area contributed by atoms with Gasteiger partial charge in [-0.1, -0.05) is 36.4 Å². The number of nitrogens with one attached hydrogen (secondary N) is 2. The lowest BCUT2D eigenvalue weighted by atomic mass is 9.93. The predicted octanol–water partition coefficient (Wildman–Crippen LogP) is 4.40. The molecular formula is C28H29ClFN3O4. The van der Waals surface area contributed by atoms with Gasteiger partial charge in [-0.25, -0.2) is 4.39 Å². The number of pyridine rings is 1. The summed E-state index contributed by atoms with van der Waals surface area (Å²) in [4.78, 5) is 29.5. The number of ketones is 1. The van der Waals surface area contributed by atoms with E-state index < -0.39 is 22.9 Å². The SMILES string of the molecule is COc1ccc(O)c(C(=O)c2ccc(/C=C/[C@@H]3CCCNC[C@H]3NC(=O)c3ccncc3)cc2)c1F.Cl. The Labute approximate surface area is 221 Å².